The summed E-state index contributed by atoms with van der Waals surface area (Å²) in [7, 11) is 0. The summed E-state index contributed by atoms with van der Waals surface area (Å²) in [5, 5.41) is 3.15. The Morgan fingerprint density at radius 1 is 1.04 bits per heavy atom. The molecule has 0 bridgehead atoms. The van der Waals surface area contributed by atoms with Gasteiger partial charge in [0.15, 0.2) is 11.5 Å². The van der Waals surface area contributed by atoms with Crippen LogP contribution >= 0.6 is 22.9 Å². The van der Waals surface area contributed by atoms with Crippen molar-refractivity contribution in [1.29, 1.82) is 0 Å². The van der Waals surface area contributed by atoms with Gasteiger partial charge in [-0.3, -0.25) is 4.79 Å². The number of carbonyl (C=O) groups is 1. The van der Waals surface area contributed by atoms with Crippen LogP contribution in [-0.2, 0) is 6.42 Å². The van der Waals surface area contributed by atoms with Gasteiger partial charge in [-0.05, 0) is 41.8 Å². The number of carbonyl (C=O) groups excluding carboxylic acids is 1. The van der Waals surface area contributed by atoms with Crippen molar-refractivity contribution >= 4 is 28.8 Å². The number of hydrogen-bond acceptors (Lipinski definition) is 4. The van der Waals surface area contributed by atoms with Crippen LogP contribution in [0.5, 0.6) is 11.5 Å². The van der Waals surface area contributed by atoms with E-state index in [0.717, 1.165) is 29.0 Å². The maximum absolute atomic E-state index is 12.8. The highest BCUT2D eigenvalue weighted by Crippen LogP contribution is 2.33. The lowest BCUT2D eigenvalue weighted by Gasteiger charge is -2.20. The van der Waals surface area contributed by atoms with E-state index in [1.54, 1.807) is 12.1 Å². The summed E-state index contributed by atoms with van der Waals surface area (Å²) in [5.74, 6) is 1.34. The Hall–Kier alpha value is -2.50. The lowest BCUT2D eigenvalue weighted by atomic mass is 9.98. The van der Waals surface area contributed by atoms with Crippen molar-refractivity contribution in [3.8, 4) is 11.5 Å². The molecule has 2 aromatic carbocycles. The molecule has 1 aliphatic rings. The summed E-state index contributed by atoms with van der Waals surface area (Å²) in [6.45, 7) is 1.27. The molecular formula is C22H20ClNO3S. The molecule has 2 heterocycles. The monoisotopic (exact) mass is 413 g/mol. The number of halogens is 1. The largest absolute Gasteiger partial charge is 0.490 e. The number of benzene rings is 2. The van der Waals surface area contributed by atoms with Crippen molar-refractivity contribution in [3.63, 3.8) is 0 Å². The first-order chi connectivity index (χ1) is 13.7. The molecule has 1 amide bonds. The van der Waals surface area contributed by atoms with Gasteiger partial charge < -0.3 is 14.8 Å². The van der Waals surface area contributed by atoms with Gasteiger partial charge in [0.05, 0.1) is 28.5 Å². The van der Waals surface area contributed by atoms with Crippen LogP contribution in [0.2, 0.25) is 4.34 Å². The molecule has 0 saturated heterocycles. The SMILES string of the molecule is O=C(NC(Cc1ccccc1)c1ccc2c(c1)OCCCO2)c1ccc(Cl)s1. The fourth-order valence-electron chi connectivity index (χ4n) is 3.16. The molecule has 6 heteroatoms. The molecule has 1 N–H and O–H groups in total. The number of fused-ring (bicyclic) bond motifs is 1. The average Bonchev–Trinajstić information content (AvgIpc) is 3.01. The number of nitrogens with one attached hydrogen (secondary N) is 1. The number of thiophene rings is 1. The fraction of sp³-hybridized carbons (Fsp3) is 0.227. The molecule has 1 aliphatic heterocycles. The first-order valence-electron chi connectivity index (χ1n) is 9.19. The zero-order valence-corrected chi connectivity index (χ0v) is 16.8. The van der Waals surface area contributed by atoms with Crippen molar-refractivity contribution in [3.05, 3.63) is 81.0 Å². The van der Waals surface area contributed by atoms with Crippen LogP contribution in [0.25, 0.3) is 0 Å². The summed E-state index contributed by atoms with van der Waals surface area (Å²) in [5.41, 5.74) is 2.12. The second-order valence-corrected chi connectivity index (χ2v) is 8.29. The summed E-state index contributed by atoms with van der Waals surface area (Å²) in [6.07, 6.45) is 1.53. The van der Waals surface area contributed by atoms with Crippen molar-refractivity contribution in [2.45, 2.75) is 18.9 Å². The lowest BCUT2D eigenvalue weighted by Crippen LogP contribution is -2.29. The van der Waals surface area contributed by atoms with Gasteiger partial charge in [0.1, 0.15) is 0 Å². The topological polar surface area (TPSA) is 47.6 Å². The molecule has 1 aromatic heterocycles. The van der Waals surface area contributed by atoms with E-state index in [-0.39, 0.29) is 11.9 Å². The zero-order valence-electron chi connectivity index (χ0n) is 15.2. The molecule has 1 atom stereocenters. The van der Waals surface area contributed by atoms with Crippen molar-refractivity contribution in [2.75, 3.05) is 13.2 Å². The third-order valence-corrected chi connectivity index (χ3v) is 5.79. The summed E-state index contributed by atoms with van der Waals surface area (Å²) < 4.78 is 12.2. The number of ether oxygens (including phenoxy) is 2. The Morgan fingerprint density at radius 3 is 2.57 bits per heavy atom. The minimum Gasteiger partial charge on any atom is -0.490 e. The molecule has 0 aliphatic carbocycles. The molecule has 144 valence electrons. The maximum Gasteiger partial charge on any atom is 0.261 e. The van der Waals surface area contributed by atoms with E-state index < -0.39 is 0 Å². The Bertz CT molecular complexity index is 957. The second-order valence-electron chi connectivity index (χ2n) is 6.58. The van der Waals surface area contributed by atoms with Crippen LogP contribution in [-0.4, -0.2) is 19.1 Å². The van der Waals surface area contributed by atoms with Crippen molar-refractivity contribution in [2.24, 2.45) is 0 Å². The number of hydrogen-bond donors (Lipinski definition) is 1. The quantitative estimate of drug-likeness (QED) is 0.619. The molecule has 0 radical (unpaired) electrons. The Labute approximate surface area is 173 Å². The maximum atomic E-state index is 12.8. The van der Waals surface area contributed by atoms with E-state index in [0.29, 0.717) is 28.8 Å². The first-order valence-corrected chi connectivity index (χ1v) is 10.4. The second kappa shape index (κ2) is 8.67. The van der Waals surface area contributed by atoms with E-state index in [1.165, 1.54) is 11.3 Å². The van der Waals surface area contributed by atoms with Gasteiger partial charge >= 0.3 is 0 Å². The number of amides is 1. The Morgan fingerprint density at radius 2 is 1.82 bits per heavy atom. The standard InChI is InChI=1S/C22H20ClNO3S/c23-21-10-9-20(28-21)22(25)24-17(13-15-5-2-1-3-6-15)16-7-8-18-19(14-16)27-12-4-11-26-18/h1-3,5-10,14,17H,4,11-13H2,(H,24,25). The highest BCUT2D eigenvalue weighted by Gasteiger charge is 2.20. The molecule has 0 spiro atoms. The predicted octanol–water partition coefficient (Wildman–Crippen LogP) is 5.28. The summed E-state index contributed by atoms with van der Waals surface area (Å²) >= 11 is 7.26. The van der Waals surface area contributed by atoms with Gasteiger partial charge in [-0.25, -0.2) is 0 Å². The van der Waals surface area contributed by atoms with E-state index in [1.807, 2.05) is 36.4 Å². The molecule has 3 aromatic rings. The molecule has 1 unspecified atom stereocenters. The number of rotatable bonds is 5. The highest BCUT2D eigenvalue weighted by molar-refractivity contribution is 7.18. The van der Waals surface area contributed by atoms with Gasteiger partial charge in [-0.2, -0.15) is 0 Å². The van der Waals surface area contributed by atoms with Gasteiger partial charge in [-0.1, -0.05) is 48.0 Å². The van der Waals surface area contributed by atoms with Gasteiger partial charge in [0.2, 0.25) is 0 Å². The van der Waals surface area contributed by atoms with E-state index in [9.17, 15) is 4.79 Å². The molecule has 28 heavy (non-hydrogen) atoms. The molecule has 0 saturated carbocycles. The van der Waals surface area contributed by atoms with Crippen LogP contribution in [0.3, 0.4) is 0 Å². The van der Waals surface area contributed by atoms with Crippen molar-refractivity contribution in [1.82, 2.24) is 5.32 Å². The average molecular weight is 414 g/mol. The normalized spacial score (nSPS) is 14.2. The van der Waals surface area contributed by atoms with Gasteiger partial charge in [-0.15, -0.1) is 11.3 Å². The van der Waals surface area contributed by atoms with Crippen LogP contribution < -0.4 is 14.8 Å². The zero-order chi connectivity index (χ0) is 19.3. The third kappa shape index (κ3) is 4.49. The van der Waals surface area contributed by atoms with Crippen LogP contribution in [0.1, 0.15) is 33.3 Å². The summed E-state index contributed by atoms with van der Waals surface area (Å²) in [4.78, 5) is 13.4. The molecule has 4 rings (SSSR count). The highest BCUT2D eigenvalue weighted by atomic mass is 35.5. The fourth-order valence-corrected chi connectivity index (χ4v) is 4.11. The minimum atomic E-state index is -0.201. The van der Waals surface area contributed by atoms with Gasteiger partial charge in [0, 0.05) is 6.42 Å². The third-order valence-electron chi connectivity index (χ3n) is 4.56. The smallest absolute Gasteiger partial charge is 0.261 e. The van der Waals surface area contributed by atoms with Crippen LogP contribution in [0.4, 0.5) is 0 Å². The Kier molecular flexibility index (Phi) is 5.84. The first kappa shape index (κ1) is 18.8. The molecule has 0 fully saturated rings. The van der Waals surface area contributed by atoms with Gasteiger partial charge in [0.25, 0.3) is 5.91 Å². The van der Waals surface area contributed by atoms with Crippen LogP contribution in [0.15, 0.2) is 60.7 Å². The lowest BCUT2D eigenvalue weighted by molar-refractivity contribution is 0.0940. The van der Waals surface area contributed by atoms with Crippen molar-refractivity contribution < 1.29 is 14.3 Å². The van der Waals surface area contributed by atoms with E-state index >= 15 is 0 Å². The molecular weight excluding hydrogens is 394 g/mol. The minimum absolute atomic E-state index is 0.134. The Balaban J connectivity index is 1.62. The molecule has 4 nitrogen and oxygen atoms in total. The summed E-state index contributed by atoms with van der Waals surface area (Å²) in [6, 6.07) is 19.3. The van der Waals surface area contributed by atoms with E-state index in [2.05, 4.69) is 17.4 Å². The van der Waals surface area contributed by atoms with E-state index in [4.69, 9.17) is 21.1 Å². The van der Waals surface area contributed by atoms with Crippen LogP contribution in [0, 0.1) is 0 Å². The predicted molar refractivity (Wildman–Crippen MR) is 112 cm³/mol.